The van der Waals surface area contributed by atoms with Crippen LogP contribution in [0.25, 0.3) is 11.0 Å². The van der Waals surface area contributed by atoms with Gasteiger partial charge in [-0.15, -0.1) is 0 Å². The van der Waals surface area contributed by atoms with Crippen molar-refractivity contribution in [2.45, 2.75) is 19.9 Å². The van der Waals surface area contributed by atoms with E-state index in [4.69, 9.17) is 4.74 Å². The van der Waals surface area contributed by atoms with Gasteiger partial charge < -0.3 is 20.0 Å². The van der Waals surface area contributed by atoms with Gasteiger partial charge >= 0.3 is 5.69 Å². The molecular formula is C17H19N3O2. The second kappa shape index (κ2) is 6.39. The highest BCUT2D eigenvalue weighted by Crippen LogP contribution is 2.21. The predicted molar refractivity (Wildman–Crippen MR) is 88.5 cm³/mol. The Morgan fingerprint density at radius 3 is 2.77 bits per heavy atom. The van der Waals surface area contributed by atoms with Gasteiger partial charge in [0, 0.05) is 17.8 Å². The molecule has 3 aromatic rings. The van der Waals surface area contributed by atoms with E-state index in [9.17, 15) is 4.79 Å². The number of aromatic nitrogens is 2. The number of benzene rings is 2. The van der Waals surface area contributed by atoms with Crippen molar-refractivity contribution in [3.8, 4) is 5.75 Å². The van der Waals surface area contributed by atoms with Crippen molar-refractivity contribution >= 4 is 16.7 Å². The van der Waals surface area contributed by atoms with Gasteiger partial charge in [0.15, 0.2) is 0 Å². The fourth-order valence-electron chi connectivity index (χ4n) is 2.34. The lowest BCUT2D eigenvalue weighted by atomic mass is 10.2. The highest BCUT2D eigenvalue weighted by atomic mass is 16.5. The van der Waals surface area contributed by atoms with Gasteiger partial charge in [-0.2, -0.15) is 0 Å². The molecule has 0 amide bonds. The number of hydrogen-bond acceptors (Lipinski definition) is 3. The monoisotopic (exact) mass is 297 g/mol. The van der Waals surface area contributed by atoms with E-state index in [2.05, 4.69) is 28.3 Å². The molecule has 2 aromatic carbocycles. The van der Waals surface area contributed by atoms with Gasteiger partial charge in [-0.3, -0.25) is 0 Å². The van der Waals surface area contributed by atoms with Crippen molar-refractivity contribution in [1.29, 1.82) is 0 Å². The first-order valence-electron chi connectivity index (χ1n) is 7.43. The average Bonchev–Trinajstić information content (AvgIpc) is 2.91. The van der Waals surface area contributed by atoms with Crippen LogP contribution < -0.4 is 15.7 Å². The number of fused-ring (bicyclic) bond motifs is 1. The SMILES string of the molecule is CCCOc1ccccc1CNc1ccc2[nH]c(=O)[nH]c2c1. The third-order valence-corrected chi connectivity index (χ3v) is 3.43. The molecule has 0 radical (unpaired) electrons. The van der Waals surface area contributed by atoms with Crippen LogP contribution in [0, 0.1) is 0 Å². The standard InChI is InChI=1S/C17H19N3O2/c1-2-9-22-16-6-4-3-5-12(16)11-18-13-7-8-14-15(10-13)20-17(21)19-14/h3-8,10,18H,2,9,11H2,1H3,(H2,19,20,21). The zero-order valence-corrected chi connectivity index (χ0v) is 12.5. The van der Waals surface area contributed by atoms with Crippen molar-refractivity contribution in [2.75, 3.05) is 11.9 Å². The average molecular weight is 297 g/mol. The number of anilines is 1. The van der Waals surface area contributed by atoms with Gasteiger partial charge in [0.25, 0.3) is 0 Å². The lowest BCUT2D eigenvalue weighted by Crippen LogP contribution is -2.04. The van der Waals surface area contributed by atoms with Crippen LogP contribution in [-0.4, -0.2) is 16.6 Å². The van der Waals surface area contributed by atoms with Crippen LogP contribution in [0.2, 0.25) is 0 Å². The van der Waals surface area contributed by atoms with Crippen LogP contribution in [-0.2, 0) is 6.54 Å². The minimum absolute atomic E-state index is 0.189. The van der Waals surface area contributed by atoms with Gasteiger partial charge in [0.2, 0.25) is 0 Å². The van der Waals surface area contributed by atoms with Crippen LogP contribution in [0.5, 0.6) is 5.75 Å². The Labute approximate surface area is 128 Å². The van der Waals surface area contributed by atoms with E-state index in [-0.39, 0.29) is 5.69 Å². The Kier molecular flexibility index (Phi) is 4.14. The Morgan fingerprint density at radius 1 is 1.09 bits per heavy atom. The predicted octanol–water partition coefficient (Wildman–Crippen LogP) is 3.26. The fourth-order valence-corrected chi connectivity index (χ4v) is 2.34. The molecule has 0 saturated carbocycles. The van der Waals surface area contributed by atoms with Gasteiger partial charge in [0.05, 0.1) is 17.6 Å². The molecule has 0 fully saturated rings. The molecule has 0 atom stereocenters. The van der Waals surface area contributed by atoms with Crippen LogP contribution in [0.15, 0.2) is 47.3 Å². The van der Waals surface area contributed by atoms with E-state index in [1.54, 1.807) is 0 Å². The molecule has 22 heavy (non-hydrogen) atoms. The smallest absolute Gasteiger partial charge is 0.323 e. The molecule has 3 rings (SSSR count). The van der Waals surface area contributed by atoms with Crippen LogP contribution in [0.4, 0.5) is 5.69 Å². The van der Waals surface area contributed by atoms with E-state index in [1.165, 1.54) is 0 Å². The summed E-state index contributed by atoms with van der Waals surface area (Å²) in [5.74, 6) is 0.910. The van der Waals surface area contributed by atoms with Gasteiger partial charge in [-0.05, 0) is 30.7 Å². The molecule has 0 saturated heterocycles. The molecule has 1 aromatic heterocycles. The van der Waals surface area contributed by atoms with Crippen LogP contribution in [0.3, 0.4) is 0 Å². The largest absolute Gasteiger partial charge is 0.493 e. The highest BCUT2D eigenvalue weighted by Gasteiger charge is 2.04. The van der Waals surface area contributed by atoms with Gasteiger partial charge in [-0.25, -0.2) is 4.79 Å². The number of hydrogen-bond donors (Lipinski definition) is 3. The summed E-state index contributed by atoms with van der Waals surface area (Å²) in [7, 11) is 0. The molecule has 3 N–H and O–H groups in total. The Morgan fingerprint density at radius 2 is 1.91 bits per heavy atom. The first-order valence-corrected chi connectivity index (χ1v) is 7.43. The summed E-state index contributed by atoms with van der Waals surface area (Å²) in [6.45, 7) is 3.47. The first-order chi connectivity index (χ1) is 10.8. The highest BCUT2D eigenvalue weighted by molar-refractivity contribution is 5.78. The van der Waals surface area contributed by atoms with E-state index in [0.717, 1.165) is 34.5 Å². The summed E-state index contributed by atoms with van der Waals surface area (Å²) in [5, 5.41) is 3.36. The van der Waals surface area contributed by atoms with Crippen molar-refractivity contribution in [1.82, 2.24) is 9.97 Å². The molecule has 0 spiro atoms. The van der Waals surface area contributed by atoms with Crippen LogP contribution >= 0.6 is 0 Å². The molecule has 1 heterocycles. The normalized spacial score (nSPS) is 10.8. The summed E-state index contributed by atoms with van der Waals surface area (Å²) in [6.07, 6.45) is 0.985. The van der Waals surface area contributed by atoms with Crippen molar-refractivity contribution < 1.29 is 4.74 Å². The molecule has 0 unspecified atom stereocenters. The number of nitrogens with one attached hydrogen (secondary N) is 3. The van der Waals surface area contributed by atoms with Crippen LogP contribution in [0.1, 0.15) is 18.9 Å². The zero-order chi connectivity index (χ0) is 15.4. The van der Waals surface area contributed by atoms with Crippen molar-refractivity contribution in [2.24, 2.45) is 0 Å². The Bertz CT molecular complexity index is 820. The minimum atomic E-state index is -0.189. The van der Waals surface area contributed by atoms with E-state index < -0.39 is 0 Å². The van der Waals surface area contributed by atoms with E-state index >= 15 is 0 Å². The molecule has 0 aliphatic rings. The quantitative estimate of drug-likeness (QED) is 0.654. The Hall–Kier alpha value is -2.69. The van der Waals surface area contributed by atoms with Crippen molar-refractivity contribution in [3.05, 3.63) is 58.5 Å². The Balaban J connectivity index is 1.74. The summed E-state index contributed by atoms with van der Waals surface area (Å²) in [5.41, 5.74) is 3.48. The third-order valence-electron chi connectivity index (χ3n) is 3.43. The maximum absolute atomic E-state index is 11.3. The number of ether oxygens (including phenoxy) is 1. The third kappa shape index (κ3) is 3.14. The fraction of sp³-hybridized carbons (Fsp3) is 0.235. The second-order valence-electron chi connectivity index (χ2n) is 5.15. The molecule has 0 aliphatic heterocycles. The number of para-hydroxylation sites is 1. The number of imidazole rings is 1. The molecule has 0 aliphatic carbocycles. The lowest BCUT2D eigenvalue weighted by molar-refractivity contribution is 0.314. The summed E-state index contributed by atoms with van der Waals surface area (Å²) >= 11 is 0. The van der Waals surface area contributed by atoms with Gasteiger partial charge in [-0.1, -0.05) is 25.1 Å². The number of rotatable bonds is 6. The molecule has 0 bridgehead atoms. The molecule has 114 valence electrons. The lowest BCUT2D eigenvalue weighted by Gasteiger charge is -2.12. The molecular weight excluding hydrogens is 278 g/mol. The van der Waals surface area contributed by atoms with Gasteiger partial charge in [0.1, 0.15) is 5.75 Å². The number of aromatic amines is 2. The second-order valence-corrected chi connectivity index (χ2v) is 5.15. The molecule has 5 nitrogen and oxygen atoms in total. The summed E-state index contributed by atoms with van der Waals surface area (Å²) < 4.78 is 5.76. The van der Waals surface area contributed by atoms with Crippen molar-refractivity contribution in [3.63, 3.8) is 0 Å². The topological polar surface area (TPSA) is 69.9 Å². The minimum Gasteiger partial charge on any atom is -0.493 e. The van der Waals surface area contributed by atoms with E-state index in [0.29, 0.717) is 13.2 Å². The zero-order valence-electron chi connectivity index (χ0n) is 12.5. The first kappa shape index (κ1) is 14.3. The summed E-state index contributed by atoms with van der Waals surface area (Å²) in [6, 6.07) is 13.8. The maximum Gasteiger partial charge on any atom is 0.323 e. The maximum atomic E-state index is 11.3. The molecule has 5 heteroatoms. The van der Waals surface area contributed by atoms with E-state index in [1.807, 2.05) is 36.4 Å². The number of H-pyrrole nitrogens is 2. The summed E-state index contributed by atoms with van der Waals surface area (Å²) in [4.78, 5) is 16.8.